The number of hydrogen-bond donors (Lipinski definition) is 1. The van der Waals surface area contributed by atoms with Crippen molar-refractivity contribution in [3.63, 3.8) is 0 Å². The van der Waals surface area contributed by atoms with Crippen LogP contribution in [-0.4, -0.2) is 20.4 Å². The summed E-state index contributed by atoms with van der Waals surface area (Å²) in [7, 11) is 1.64. The molecular formula is C18H14N4O3S. The second-order valence-corrected chi connectivity index (χ2v) is 6.80. The van der Waals surface area contributed by atoms with Gasteiger partial charge in [0.15, 0.2) is 12.2 Å². The molecule has 26 heavy (non-hydrogen) atoms. The molecular weight excluding hydrogens is 352 g/mol. The van der Waals surface area contributed by atoms with Gasteiger partial charge in [-0.25, -0.2) is 9.97 Å². The monoisotopic (exact) mass is 366 g/mol. The molecule has 3 heterocycles. The van der Waals surface area contributed by atoms with Crippen molar-refractivity contribution in [3.05, 3.63) is 64.0 Å². The van der Waals surface area contributed by atoms with Crippen LogP contribution in [0.25, 0.3) is 21.5 Å². The summed E-state index contributed by atoms with van der Waals surface area (Å²) >= 11 is 1.21. The van der Waals surface area contributed by atoms with Crippen LogP contribution in [0.5, 0.6) is 0 Å². The number of hydrogen-bond acceptors (Lipinski definition) is 6. The first-order chi connectivity index (χ1) is 12.5. The molecule has 1 amide bonds. The van der Waals surface area contributed by atoms with Gasteiger partial charge in [-0.3, -0.25) is 9.59 Å². The molecule has 4 rings (SSSR count). The van der Waals surface area contributed by atoms with E-state index in [1.807, 2.05) is 12.1 Å². The van der Waals surface area contributed by atoms with Crippen molar-refractivity contribution in [2.24, 2.45) is 7.05 Å². The van der Waals surface area contributed by atoms with Crippen LogP contribution >= 0.6 is 11.3 Å². The molecule has 0 fully saturated rings. The number of oxazole rings is 1. The van der Waals surface area contributed by atoms with E-state index in [4.69, 9.17) is 4.42 Å². The molecule has 0 aliphatic heterocycles. The summed E-state index contributed by atoms with van der Waals surface area (Å²) in [5, 5.41) is 3.36. The number of nitrogens with one attached hydrogen (secondary N) is 1. The van der Waals surface area contributed by atoms with Crippen LogP contribution in [0.15, 0.2) is 52.4 Å². The second kappa shape index (κ2) is 6.23. The lowest BCUT2D eigenvalue weighted by Gasteiger charge is -2.06. The molecule has 0 unspecified atom stereocenters. The molecule has 0 saturated heterocycles. The summed E-state index contributed by atoms with van der Waals surface area (Å²) in [6.45, 7) is 1.77. The number of carbonyl (C=O) groups is 1. The van der Waals surface area contributed by atoms with Crippen molar-refractivity contribution in [2.45, 2.75) is 6.92 Å². The van der Waals surface area contributed by atoms with Gasteiger partial charge in [0.25, 0.3) is 11.5 Å². The van der Waals surface area contributed by atoms with E-state index in [2.05, 4.69) is 15.3 Å². The molecule has 1 N–H and O–H groups in total. The van der Waals surface area contributed by atoms with Crippen LogP contribution in [0.1, 0.15) is 15.2 Å². The number of fused-ring (bicyclic) bond motifs is 1. The third-order valence-corrected chi connectivity index (χ3v) is 5.25. The maximum atomic E-state index is 12.7. The highest BCUT2D eigenvalue weighted by Crippen LogP contribution is 2.28. The van der Waals surface area contributed by atoms with E-state index in [1.54, 1.807) is 32.3 Å². The maximum Gasteiger partial charge on any atom is 0.266 e. The molecule has 130 valence electrons. The number of benzene rings is 1. The minimum absolute atomic E-state index is 0.157. The third-order valence-electron chi connectivity index (χ3n) is 4.05. The van der Waals surface area contributed by atoms with Crippen molar-refractivity contribution >= 4 is 33.1 Å². The van der Waals surface area contributed by atoms with E-state index in [0.29, 0.717) is 32.1 Å². The number of aryl methyl sites for hydroxylation is 2. The molecule has 0 aliphatic carbocycles. The molecule has 0 bridgehead atoms. The Labute approximate surface area is 151 Å². The molecule has 1 aromatic carbocycles. The summed E-state index contributed by atoms with van der Waals surface area (Å²) in [4.78, 5) is 34.2. The van der Waals surface area contributed by atoms with Crippen molar-refractivity contribution < 1.29 is 9.21 Å². The number of thiophene rings is 1. The second-order valence-electron chi connectivity index (χ2n) is 5.80. The number of aromatic nitrogens is 3. The first-order valence-electron chi connectivity index (χ1n) is 7.79. The zero-order valence-corrected chi connectivity index (χ0v) is 14.8. The number of rotatable bonds is 3. The first-order valence-corrected chi connectivity index (χ1v) is 8.61. The van der Waals surface area contributed by atoms with Crippen LogP contribution in [-0.2, 0) is 7.05 Å². The lowest BCUT2D eigenvalue weighted by atomic mass is 10.1. The summed E-state index contributed by atoms with van der Waals surface area (Å²) in [6, 6.07) is 7.28. The molecule has 7 nitrogen and oxygen atoms in total. The fourth-order valence-corrected chi connectivity index (χ4v) is 3.76. The zero-order valence-electron chi connectivity index (χ0n) is 14.0. The van der Waals surface area contributed by atoms with E-state index in [1.165, 1.54) is 28.6 Å². The molecule has 4 aromatic rings. The summed E-state index contributed by atoms with van der Waals surface area (Å²) < 4.78 is 6.69. The fourth-order valence-electron chi connectivity index (χ4n) is 2.72. The van der Waals surface area contributed by atoms with Gasteiger partial charge in [-0.15, -0.1) is 11.3 Å². The maximum absolute atomic E-state index is 12.7. The van der Waals surface area contributed by atoms with E-state index < -0.39 is 0 Å². The minimum Gasteiger partial charge on any atom is -0.444 e. The quantitative estimate of drug-likeness (QED) is 0.601. The summed E-state index contributed by atoms with van der Waals surface area (Å²) in [6.07, 6.45) is 4.43. The van der Waals surface area contributed by atoms with Crippen molar-refractivity contribution in [3.8, 4) is 11.3 Å². The highest BCUT2D eigenvalue weighted by Gasteiger charge is 2.19. The predicted octanol–water partition coefficient (Wildman–Crippen LogP) is 3.21. The molecule has 0 aliphatic rings. The fraction of sp³-hybridized carbons (Fsp3) is 0.111. The highest BCUT2D eigenvalue weighted by atomic mass is 32.1. The van der Waals surface area contributed by atoms with Crippen LogP contribution in [0.3, 0.4) is 0 Å². The summed E-state index contributed by atoms with van der Waals surface area (Å²) in [5.41, 5.74) is 1.92. The van der Waals surface area contributed by atoms with Gasteiger partial charge in [-0.1, -0.05) is 12.1 Å². The van der Waals surface area contributed by atoms with Gasteiger partial charge < -0.3 is 14.3 Å². The average molecular weight is 366 g/mol. The highest BCUT2D eigenvalue weighted by molar-refractivity contribution is 7.20. The van der Waals surface area contributed by atoms with E-state index in [9.17, 15) is 9.59 Å². The van der Waals surface area contributed by atoms with E-state index >= 15 is 0 Å². The van der Waals surface area contributed by atoms with Gasteiger partial charge in [0.05, 0.1) is 22.8 Å². The minimum atomic E-state index is -0.276. The SMILES string of the molecule is Cc1c(C(=O)Nc2cccc(-c3cnco3)c2)sc2ncn(C)c(=O)c12. The molecule has 8 heteroatoms. The average Bonchev–Trinajstić information content (AvgIpc) is 3.27. The Balaban J connectivity index is 1.68. The standard InChI is InChI=1S/C18H14N4O3S/c1-10-14-17(20-8-22(2)18(14)24)26-15(10)16(23)21-12-5-3-4-11(6-12)13-7-19-9-25-13/h3-9H,1-2H3,(H,21,23). The summed E-state index contributed by atoms with van der Waals surface area (Å²) in [5.74, 6) is 0.342. The normalized spacial score (nSPS) is 11.0. The number of nitrogens with zero attached hydrogens (tertiary/aromatic N) is 3. The van der Waals surface area contributed by atoms with Crippen molar-refractivity contribution in [1.29, 1.82) is 0 Å². The molecule has 0 atom stereocenters. The van der Waals surface area contributed by atoms with Crippen LogP contribution < -0.4 is 10.9 Å². The van der Waals surface area contributed by atoms with Crippen LogP contribution in [0.2, 0.25) is 0 Å². The van der Waals surface area contributed by atoms with Gasteiger partial charge in [0.1, 0.15) is 4.83 Å². The Hall–Kier alpha value is -3.26. The van der Waals surface area contributed by atoms with Crippen molar-refractivity contribution in [2.75, 3.05) is 5.32 Å². The molecule has 0 spiro atoms. The molecule has 0 radical (unpaired) electrons. The Morgan fingerprint density at radius 2 is 2.19 bits per heavy atom. The zero-order chi connectivity index (χ0) is 18.3. The first kappa shape index (κ1) is 16.2. The Bertz CT molecular complexity index is 1180. The van der Waals surface area contributed by atoms with E-state index in [-0.39, 0.29) is 11.5 Å². The van der Waals surface area contributed by atoms with Gasteiger partial charge >= 0.3 is 0 Å². The van der Waals surface area contributed by atoms with Gasteiger partial charge in [-0.05, 0) is 24.6 Å². The predicted molar refractivity (Wildman–Crippen MR) is 99.5 cm³/mol. The largest absolute Gasteiger partial charge is 0.444 e. The van der Waals surface area contributed by atoms with E-state index in [0.717, 1.165) is 5.56 Å². The number of anilines is 1. The van der Waals surface area contributed by atoms with Gasteiger partial charge in [0.2, 0.25) is 0 Å². The topological polar surface area (TPSA) is 90.0 Å². The third kappa shape index (κ3) is 2.70. The van der Waals surface area contributed by atoms with Gasteiger partial charge in [-0.2, -0.15) is 0 Å². The lowest BCUT2D eigenvalue weighted by molar-refractivity contribution is 0.103. The van der Waals surface area contributed by atoms with Crippen molar-refractivity contribution in [1.82, 2.24) is 14.5 Å². The number of carbonyl (C=O) groups excluding carboxylic acids is 1. The molecule has 0 saturated carbocycles. The Morgan fingerprint density at radius 1 is 1.35 bits per heavy atom. The smallest absolute Gasteiger partial charge is 0.266 e. The lowest BCUT2D eigenvalue weighted by Crippen LogP contribution is -2.17. The Morgan fingerprint density at radius 3 is 2.96 bits per heavy atom. The van der Waals surface area contributed by atoms with Gasteiger partial charge in [0, 0.05) is 18.3 Å². The molecule has 3 aromatic heterocycles. The number of amides is 1. The van der Waals surface area contributed by atoms with Crippen LogP contribution in [0.4, 0.5) is 5.69 Å². The Kier molecular flexibility index (Phi) is 3.89. The van der Waals surface area contributed by atoms with Crippen LogP contribution in [0, 0.1) is 6.92 Å².